The fourth-order valence-electron chi connectivity index (χ4n) is 2.67. The van der Waals surface area contributed by atoms with E-state index in [0.717, 1.165) is 55.4 Å². The highest BCUT2D eigenvalue weighted by Crippen LogP contribution is 2.25. The molecule has 2 N–H and O–H groups in total. The lowest BCUT2D eigenvalue weighted by Gasteiger charge is -2.36. The van der Waals surface area contributed by atoms with Crippen molar-refractivity contribution in [3.8, 4) is 0 Å². The number of anilines is 1. The molecule has 5 heteroatoms. The van der Waals surface area contributed by atoms with Crippen molar-refractivity contribution in [3.05, 3.63) is 23.0 Å². The van der Waals surface area contributed by atoms with Gasteiger partial charge >= 0.3 is 0 Å². The maximum atomic E-state index is 5.88. The summed E-state index contributed by atoms with van der Waals surface area (Å²) in [6, 6.07) is 2.10. The van der Waals surface area contributed by atoms with Crippen molar-refractivity contribution in [1.82, 2.24) is 9.88 Å². The first-order valence-electron chi connectivity index (χ1n) is 6.78. The summed E-state index contributed by atoms with van der Waals surface area (Å²) in [7, 11) is 0. The number of piperazine rings is 1. The summed E-state index contributed by atoms with van der Waals surface area (Å²) in [5.41, 5.74) is 9.91. The SMILES string of the molecule is CCN1CCN(c2cc(C)nc(C)c2C(N)=S)CC1. The van der Waals surface area contributed by atoms with E-state index in [-0.39, 0.29) is 0 Å². The van der Waals surface area contributed by atoms with E-state index in [1.54, 1.807) is 0 Å². The third-order valence-corrected chi connectivity index (χ3v) is 3.92. The van der Waals surface area contributed by atoms with E-state index >= 15 is 0 Å². The van der Waals surface area contributed by atoms with Crippen LogP contribution >= 0.6 is 12.2 Å². The van der Waals surface area contributed by atoms with Crippen LogP contribution < -0.4 is 10.6 Å². The van der Waals surface area contributed by atoms with Gasteiger partial charge in [-0.25, -0.2) is 0 Å². The number of nitrogens with zero attached hydrogens (tertiary/aromatic N) is 3. The maximum Gasteiger partial charge on any atom is 0.107 e. The van der Waals surface area contributed by atoms with E-state index < -0.39 is 0 Å². The fraction of sp³-hybridized carbons (Fsp3) is 0.571. The summed E-state index contributed by atoms with van der Waals surface area (Å²) in [5, 5.41) is 0. The maximum absolute atomic E-state index is 5.88. The normalized spacial score (nSPS) is 16.7. The molecule has 1 aromatic rings. The quantitative estimate of drug-likeness (QED) is 0.849. The number of aromatic nitrogens is 1. The molecule has 0 bridgehead atoms. The van der Waals surface area contributed by atoms with Crippen LogP contribution in [0.2, 0.25) is 0 Å². The predicted octanol–water partition coefficient (Wildman–Crippen LogP) is 1.47. The van der Waals surface area contributed by atoms with Gasteiger partial charge in [-0.3, -0.25) is 4.98 Å². The number of hydrogen-bond acceptors (Lipinski definition) is 4. The number of aryl methyl sites for hydroxylation is 2. The molecule has 0 radical (unpaired) electrons. The number of pyridine rings is 1. The van der Waals surface area contributed by atoms with E-state index in [0.29, 0.717) is 4.99 Å². The first-order chi connectivity index (χ1) is 9.02. The Balaban J connectivity index is 2.31. The summed E-state index contributed by atoms with van der Waals surface area (Å²) in [6.45, 7) is 11.5. The molecular formula is C14H22N4S. The van der Waals surface area contributed by atoms with Crippen molar-refractivity contribution in [2.75, 3.05) is 37.6 Å². The van der Waals surface area contributed by atoms with E-state index in [2.05, 4.69) is 27.8 Å². The predicted molar refractivity (Wildman–Crippen MR) is 83.9 cm³/mol. The third-order valence-electron chi connectivity index (χ3n) is 3.71. The first kappa shape index (κ1) is 14.2. The highest BCUT2D eigenvalue weighted by atomic mass is 32.1. The van der Waals surface area contributed by atoms with E-state index in [9.17, 15) is 0 Å². The van der Waals surface area contributed by atoms with Crippen molar-refractivity contribution in [1.29, 1.82) is 0 Å². The van der Waals surface area contributed by atoms with Crippen molar-refractivity contribution in [2.45, 2.75) is 20.8 Å². The zero-order valence-corrected chi connectivity index (χ0v) is 12.8. The van der Waals surface area contributed by atoms with Gasteiger partial charge in [0.25, 0.3) is 0 Å². The second-order valence-corrected chi connectivity index (χ2v) is 5.47. The van der Waals surface area contributed by atoms with E-state index in [4.69, 9.17) is 18.0 Å². The summed E-state index contributed by atoms with van der Waals surface area (Å²) in [5.74, 6) is 0. The van der Waals surface area contributed by atoms with Gasteiger partial charge in [-0.15, -0.1) is 0 Å². The van der Waals surface area contributed by atoms with E-state index in [1.165, 1.54) is 0 Å². The standard InChI is InChI=1S/C14H22N4S/c1-4-17-5-7-18(8-6-17)12-9-10(2)16-11(3)13(12)14(15)19/h9H,4-8H2,1-3H3,(H2,15,19). The van der Waals surface area contributed by atoms with Gasteiger partial charge in [0.05, 0.1) is 11.3 Å². The molecule has 0 saturated carbocycles. The Bertz CT molecular complexity index is 479. The zero-order valence-electron chi connectivity index (χ0n) is 11.9. The minimum absolute atomic E-state index is 0.443. The molecule has 1 aromatic heterocycles. The van der Waals surface area contributed by atoms with Crippen molar-refractivity contribution >= 4 is 22.9 Å². The van der Waals surface area contributed by atoms with Gasteiger partial charge in [0.15, 0.2) is 0 Å². The average Bonchev–Trinajstić information content (AvgIpc) is 2.37. The zero-order chi connectivity index (χ0) is 14.0. The molecule has 0 unspecified atom stereocenters. The van der Waals surface area contributed by atoms with Crippen LogP contribution in [0, 0.1) is 13.8 Å². The summed E-state index contributed by atoms with van der Waals surface area (Å²) >= 11 is 5.20. The molecule has 1 aliphatic heterocycles. The molecule has 104 valence electrons. The van der Waals surface area contributed by atoms with Crippen LogP contribution in [0.25, 0.3) is 0 Å². The second-order valence-electron chi connectivity index (χ2n) is 5.03. The minimum Gasteiger partial charge on any atom is -0.389 e. The molecule has 0 atom stereocenters. The molecule has 0 spiro atoms. The van der Waals surface area contributed by atoms with Crippen LogP contribution in [0.5, 0.6) is 0 Å². The number of hydrogen-bond donors (Lipinski definition) is 1. The van der Waals surface area contributed by atoms with Gasteiger partial charge < -0.3 is 15.5 Å². The smallest absolute Gasteiger partial charge is 0.107 e. The van der Waals surface area contributed by atoms with Crippen LogP contribution in [-0.2, 0) is 0 Å². The Labute approximate surface area is 120 Å². The molecule has 1 aliphatic rings. The van der Waals surface area contributed by atoms with Gasteiger partial charge in [0.1, 0.15) is 4.99 Å². The molecule has 0 amide bonds. The Hall–Kier alpha value is -1.20. The Morgan fingerprint density at radius 1 is 1.32 bits per heavy atom. The van der Waals surface area contributed by atoms with Gasteiger partial charge in [0.2, 0.25) is 0 Å². The molecule has 19 heavy (non-hydrogen) atoms. The molecule has 0 aliphatic carbocycles. The number of thiocarbonyl (C=S) groups is 1. The van der Waals surface area contributed by atoms with Gasteiger partial charge in [-0.2, -0.15) is 0 Å². The summed E-state index contributed by atoms with van der Waals surface area (Å²) in [6.07, 6.45) is 0. The Morgan fingerprint density at radius 3 is 2.47 bits per heavy atom. The van der Waals surface area contributed by atoms with Crippen LogP contribution in [0.15, 0.2) is 6.07 Å². The van der Waals surface area contributed by atoms with E-state index in [1.807, 2.05) is 13.8 Å². The van der Waals surface area contributed by atoms with Gasteiger partial charge in [-0.1, -0.05) is 19.1 Å². The second kappa shape index (κ2) is 5.84. The van der Waals surface area contributed by atoms with Crippen LogP contribution in [0.1, 0.15) is 23.9 Å². The molecule has 0 aromatic carbocycles. The van der Waals surface area contributed by atoms with Crippen molar-refractivity contribution < 1.29 is 0 Å². The molecule has 1 saturated heterocycles. The lowest BCUT2D eigenvalue weighted by atomic mass is 10.1. The van der Waals surface area contributed by atoms with Crippen LogP contribution in [0.4, 0.5) is 5.69 Å². The molecule has 4 nitrogen and oxygen atoms in total. The molecular weight excluding hydrogens is 256 g/mol. The first-order valence-corrected chi connectivity index (χ1v) is 7.19. The number of likely N-dealkylation sites (N-methyl/N-ethyl adjacent to an activating group) is 1. The van der Waals surface area contributed by atoms with Crippen molar-refractivity contribution in [2.24, 2.45) is 5.73 Å². The average molecular weight is 278 g/mol. The topological polar surface area (TPSA) is 45.4 Å². The molecule has 2 rings (SSSR count). The summed E-state index contributed by atoms with van der Waals surface area (Å²) in [4.78, 5) is 9.75. The van der Waals surface area contributed by atoms with Crippen LogP contribution in [0.3, 0.4) is 0 Å². The number of rotatable bonds is 3. The Kier molecular flexibility index (Phi) is 4.37. The fourth-order valence-corrected chi connectivity index (χ4v) is 2.92. The largest absolute Gasteiger partial charge is 0.389 e. The highest BCUT2D eigenvalue weighted by Gasteiger charge is 2.21. The van der Waals surface area contributed by atoms with Crippen LogP contribution in [-0.4, -0.2) is 47.6 Å². The van der Waals surface area contributed by atoms with Crippen molar-refractivity contribution in [3.63, 3.8) is 0 Å². The lowest BCUT2D eigenvalue weighted by Crippen LogP contribution is -2.46. The minimum atomic E-state index is 0.443. The monoisotopic (exact) mass is 278 g/mol. The van der Waals surface area contributed by atoms with Gasteiger partial charge in [0, 0.05) is 37.6 Å². The molecule has 1 fully saturated rings. The summed E-state index contributed by atoms with van der Waals surface area (Å²) < 4.78 is 0. The Morgan fingerprint density at radius 2 is 1.95 bits per heavy atom. The lowest BCUT2D eigenvalue weighted by molar-refractivity contribution is 0.271. The number of nitrogens with two attached hydrogens (primary N) is 1. The van der Waals surface area contributed by atoms with Gasteiger partial charge in [-0.05, 0) is 26.5 Å². The third kappa shape index (κ3) is 3.04. The highest BCUT2D eigenvalue weighted by molar-refractivity contribution is 7.80. The molecule has 2 heterocycles.